The number of carbonyl (C=O) groups excluding carboxylic acids is 2. The quantitative estimate of drug-likeness (QED) is 0.481. The highest BCUT2D eigenvalue weighted by Crippen LogP contribution is 2.21. The van der Waals surface area contributed by atoms with Crippen molar-refractivity contribution < 1.29 is 18.4 Å². The minimum absolute atomic E-state index is 0.130. The summed E-state index contributed by atoms with van der Waals surface area (Å²) in [5.74, 6) is 0.841. The Labute approximate surface area is 192 Å². The van der Waals surface area contributed by atoms with Crippen LogP contribution in [0.3, 0.4) is 0 Å². The molecule has 2 amide bonds. The molecule has 2 N–H and O–H groups in total. The normalized spacial score (nSPS) is 14.0. The van der Waals surface area contributed by atoms with Gasteiger partial charge in [0.05, 0.1) is 30.6 Å². The number of anilines is 1. The smallest absolute Gasteiger partial charge is 0.283 e. The van der Waals surface area contributed by atoms with Crippen LogP contribution in [0, 0.1) is 0 Å². The first-order valence-electron chi connectivity index (χ1n) is 11.4. The second-order valence-corrected chi connectivity index (χ2v) is 8.24. The molecule has 0 unspecified atom stereocenters. The zero-order valence-corrected chi connectivity index (χ0v) is 18.8. The van der Waals surface area contributed by atoms with E-state index in [4.69, 9.17) is 8.83 Å². The number of benzene rings is 1. The lowest BCUT2D eigenvalue weighted by Crippen LogP contribution is -2.35. The maximum Gasteiger partial charge on any atom is 0.283 e. The van der Waals surface area contributed by atoms with Gasteiger partial charge in [-0.05, 0) is 50.1 Å². The van der Waals surface area contributed by atoms with Crippen LogP contribution in [-0.2, 0) is 11.3 Å². The zero-order chi connectivity index (χ0) is 23.0. The first-order chi connectivity index (χ1) is 16.1. The van der Waals surface area contributed by atoms with E-state index in [-0.39, 0.29) is 24.4 Å². The maximum atomic E-state index is 12.8. The fourth-order valence-corrected chi connectivity index (χ4v) is 4.06. The first kappa shape index (κ1) is 22.7. The number of nitrogens with zero attached hydrogens (tertiary/aromatic N) is 3. The number of hydrogen-bond donors (Lipinski definition) is 2. The van der Waals surface area contributed by atoms with Crippen LogP contribution >= 0.6 is 0 Å². The molecule has 1 aliphatic carbocycles. The Kier molecular flexibility index (Phi) is 7.51. The predicted molar refractivity (Wildman–Crippen MR) is 122 cm³/mol. The van der Waals surface area contributed by atoms with Gasteiger partial charge in [-0.3, -0.25) is 14.5 Å². The van der Waals surface area contributed by atoms with Crippen molar-refractivity contribution in [2.45, 2.75) is 51.6 Å². The highest BCUT2D eigenvalue weighted by Gasteiger charge is 2.21. The van der Waals surface area contributed by atoms with Crippen LogP contribution in [0.25, 0.3) is 11.7 Å². The van der Waals surface area contributed by atoms with Gasteiger partial charge in [0.1, 0.15) is 0 Å². The van der Waals surface area contributed by atoms with Crippen LogP contribution in [0.5, 0.6) is 0 Å². The third-order valence-electron chi connectivity index (χ3n) is 5.60. The fourth-order valence-electron chi connectivity index (χ4n) is 4.06. The summed E-state index contributed by atoms with van der Waals surface area (Å²) in [7, 11) is 0. The van der Waals surface area contributed by atoms with E-state index in [9.17, 15) is 9.59 Å². The van der Waals surface area contributed by atoms with E-state index in [0.717, 1.165) is 32.1 Å². The largest absolute Gasteiger partial charge is 0.459 e. The number of hydrogen-bond acceptors (Lipinski definition) is 7. The third kappa shape index (κ3) is 6.07. The second kappa shape index (κ2) is 10.9. The lowest BCUT2D eigenvalue weighted by molar-refractivity contribution is -0.117. The standard InChI is InChI=1S/C24H29N5O4/c1-2-13-29(16-22-27-28-24(33-22)20-12-7-14-32-20)15-21(30)26-19-11-6-5-10-18(19)23(31)25-17-8-3-4-9-17/h5-7,10-12,14,17H,2-4,8-9,13,15-16H2,1H3,(H,25,31)(H,26,30). The lowest BCUT2D eigenvalue weighted by Gasteiger charge is -2.20. The molecule has 0 saturated heterocycles. The minimum atomic E-state index is -0.213. The third-order valence-corrected chi connectivity index (χ3v) is 5.60. The van der Waals surface area contributed by atoms with Gasteiger partial charge in [-0.25, -0.2) is 0 Å². The van der Waals surface area contributed by atoms with E-state index in [2.05, 4.69) is 20.8 Å². The molecule has 1 aromatic carbocycles. The molecule has 174 valence electrons. The molecule has 0 bridgehead atoms. The van der Waals surface area contributed by atoms with E-state index < -0.39 is 0 Å². The Hall–Kier alpha value is -3.46. The molecule has 0 atom stereocenters. The Bertz CT molecular complexity index is 1060. The van der Waals surface area contributed by atoms with E-state index >= 15 is 0 Å². The van der Waals surface area contributed by atoms with E-state index in [1.54, 1.807) is 42.7 Å². The highest BCUT2D eigenvalue weighted by molar-refractivity contribution is 6.04. The van der Waals surface area contributed by atoms with E-state index in [1.807, 2.05) is 11.8 Å². The lowest BCUT2D eigenvalue weighted by atomic mass is 10.1. The van der Waals surface area contributed by atoms with E-state index in [0.29, 0.717) is 41.9 Å². The summed E-state index contributed by atoms with van der Waals surface area (Å²) < 4.78 is 11.0. The molecule has 3 aromatic rings. The van der Waals surface area contributed by atoms with Gasteiger partial charge in [-0.15, -0.1) is 10.2 Å². The van der Waals surface area contributed by atoms with Crippen molar-refractivity contribution in [3.8, 4) is 11.7 Å². The number of amides is 2. The summed E-state index contributed by atoms with van der Waals surface area (Å²) in [6.45, 7) is 3.18. The van der Waals surface area contributed by atoms with Gasteiger partial charge in [0.2, 0.25) is 11.8 Å². The summed E-state index contributed by atoms with van der Waals surface area (Å²) in [4.78, 5) is 27.5. The van der Waals surface area contributed by atoms with Gasteiger partial charge in [0, 0.05) is 6.04 Å². The van der Waals surface area contributed by atoms with Crippen molar-refractivity contribution in [1.29, 1.82) is 0 Å². The Morgan fingerprint density at radius 1 is 1.12 bits per heavy atom. The summed E-state index contributed by atoms with van der Waals surface area (Å²) in [5, 5.41) is 14.1. The van der Waals surface area contributed by atoms with Crippen molar-refractivity contribution in [2.75, 3.05) is 18.4 Å². The van der Waals surface area contributed by atoms with Crippen molar-refractivity contribution in [3.63, 3.8) is 0 Å². The number of carbonyl (C=O) groups is 2. The SMILES string of the molecule is CCCN(CC(=O)Nc1ccccc1C(=O)NC1CCCC1)Cc1nnc(-c2ccco2)o1. The van der Waals surface area contributed by atoms with Crippen LogP contribution in [0.4, 0.5) is 5.69 Å². The summed E-state index contributed by atoms with van der Waals surface area (Å²) >= 11 is 0. The molecule has 4 rings (SSSR count). The molecule has 0 aliphatic heterocycles. The predicted octanol–water partition coefficient (Wildman–Crippen LogP) is 3.85. The Balaban J connectivity index is 1.38. The summed E-state index contributed by atoms with van der Waals surface area (Å²) in [5.41, 5.74) is 0.979. The van der Waals surface area contributed by atoms with Gasteiger partial charge >= 0.3 is 0 Å². The van der Waals surface area contributed by atoms with Crippen molar-refractivity contribution in [2.24, 2.45) is 0 Å². The van der Waals surface area contributed by atoms with Crippen molar-refractivity contribution in [1.82, 2.24) is 20.4 Å². The first-order valence-corrected chi connectivity index (χ1v) is 11.4. The van der Waals surface area contributed by atoms with Gasteiger partial charge in [-0.1, -0.05) is 31.9 Å². The molecule has 33 heavy (non-hydrogen) atoms. The average Bonchev–Trinajstić information content (AvgIpc) is 3.57. The molecule has 1 saturated carbocycles. The summed E-state index contributed by atoms with van der Waals surface area (Å²) in [6.07, 6.45) is 6.68. The van der Waals surface area contributed by atoms with Gasteiger partial charge < -0.3 is 19.5 Å². The molecular weight excluding hydrogens is 422 g/mol. The molecule has 1 aliphatic rings. The molecule has 0 radical (unpaired) electrons. The monoisotopic (exact) mass is 451 g/mol. The minimum Gasteiger partial charge on any atom is -0.459 e. The number of furan rings is 1. The zero-order valence-electron chi connectivity index (χ0n) is 18.8. The molecule has 9 nitrogen and oxygen atoms in total. The van der Waals surface area contributed by atoms with Gasteiger partial charge in [0.15, 0.2) is 5.76 Å². The number of nitrogens with one attached hydrogen (secondary N) is 2. The van der Waals surface area contributed by atoms with Crippen LogP contribution in [0.2, 0.25) is 0 Å². The van der Waals surface area contributed by atoms with Crippen molar-refractivity contribution >= 4 is 17.5 Å². The second-order valence-electron chi connectivity index (χ2n) is 8.24. The highest BCUT2D eigenvalue weighted by atomic mass is 16.4. The van der Waals surface area contributed by atoms with Crippen LogP contribution in [0.15, 0.2) is 51.5 Å². The summed E-state index contributed by atoms with van der Waals surface area (Å²) in [6, 6.07) is 10.8. The Morgan fingerprint density at radius 3 is 2.70 bits per heavy atom. The average molecular weight is 452 g/mol. The molecule has 9 heteroatoms. The van der Waals surface area contributed by atoms with E-state index in [1.165, 1.54) is 0 Å². The molecule has 2 heterocycles. The molecule has 1 fully saturated rings. The van der Waals surface area contributed by atoms with Gasteiger partial charge in [-0.2, -0.15) is 0 Å². The molecular formula is C24H29N5O4. The van der Waals surface area contributed by atoms with Crippen LogP contribution < -0.4 is 10.6 Å². The maximum absolute atomic E-state index is 12.8. The molecule has 0 spiro atoms. The molecule has 2 aromatic heterocycles. The topological polar surface area (TPSA) is 114 Å². The Morgan fingerprint density at radius 2 is 1.94 bits per heavy atom. The van der Waals surface area contributed by atoms with Crippen LogP contribution in [-0.4, -0.2) is 46.0 Å². The van der Waals surface area contributed by atoms with Gasteiger partial charge in [0.25, 0.3) is 11.8 Å². The van der Waals surface area contributed by atoms with Crippen LogP contribution in [0.1, 0.15) is 55.3 Å². The number of para-hydroxylation sites is 1. The number of aromatic nitrogens is 2. The van der Waals surface area contributed by atoms with Crippen molar-refractivity contribution in [3.05, 3.63) is 54.1 Å². The fraction of sp³-hybridized carbons (Fsp3) is 0.417. The number of rotatable bonds is 10.